The van der Waals surface area contributed by atoms with Crippen molar-refractivity contribution >= 4 is 32.3 Å². The quantitative estimate of drug-likeness (QED) is 0.191. The molecule has 1 saturated heterocycles. The van der Waals surface area contributed by atoms with Gasteiger partial charge in [0.25, 0.3) is 0 Å². The molecule has 0 unspecified atom stereocenters. The van der Waals surface area contributed by atoms with Crippen molar-refractivity contribution in [3.05, 3.63) is 126 Å². The molecule has 6 aromatic rings. The molecule has 0 amide bonds. The Hall–Kier alpha value is -4.62. The number of benzene rings is 6. The maximum atomic E-state index is 11.0. The lowest BCUT2D eigenvalue weighted by atomic mass is 10.0. The Bertz CT molecular complexity index is 1740. The number of aromatic hydroxyl groups is 3. The Morgan fingerprint density at radius 3 is 0.911 bits per heavy atom. The maximum absolute atomic E-state index is 11.0. The van der Waals surface area contributed by atoms with Gasteiger partial charge in [0.05, 0.1) is 0 Å². The molecule has 0 saturated carbocycles. The highest BCUT2D eigenvalue weighted by molar-refractivity contribution is 5.89. The highest BCUT2D eigenvalue weighted by Crippen LogP contribution is 2.32. The molecule has 0 atom stereocenters. The zero-order valence-corrected chi connectivity index (χ0v) is 25.4. The summed E-state index contributed by atoms with van der Waals surface area (Å²) in [5.41, 5.74) is 2.84. The molecule has 1 aliphatic rings. The minimum atomic E-state index is 0.323. The number of rotatable bonds is 6. The number of fused-ring (bicyclic) bond motifs is 3. The summed E-state index contributed by atoms with van der Waals surface area (Å²) in [6.07, 6.45) is 0. The van der Waals surface area contributed by atoms with Crippen LogP contribution in [0.1, 0.15) is 16.7 Å². The van der Waals surface area contributed by atoms with Gasteiger partial charge in [-0.1, -0.05) is 91.0 Å². The van der Waals surface area contributed by atoms with Crippen molar-refractivity contribution in [2.45, 2.75) is 19.6 Å². The topological polar surface area (TPSA) is 70.4 Å². The van der Waals surface area contributed by atoms with Crippen LogP contribution in [-0.2, 0) is 19.6 Å². The van der Waals surface area contributed by atoms with E-state index in [2.05, 4.69) is 51.1 Å². The van der Waals surface area contributed by atoms with Gasteiger partial charge in [-0.25, -0.2) is 0 Å². The zero-order valence-electron chi connectivity index (χ0n) is 25.4. The van der Waals surface area contributed by atoms with Crippen LogP contribution in [-0.4, -0.2) is 69.3 Å². The molecule has 1 fully saturated rings. The van der Waals surface area contributed by atoms with E-state index < -0.39 is 0 Å². The molecule has 1 heterocycles. The average molecular weight is 598 g/mol. The fourth-order valence-electron chi connectivity index (χ4n) is 6.80. The van der Waals surface area contributed by atoms with Crippen molar-refractivity contribution < 1.29 is 15.3 Å². The fourth-order valence-corrected chi connectivity index (χ4v) is 6.80. The first-order valence-corrected chi connectivity index (χ1v) is 15.8. The molecule has 0 radical (unpaired) electrons. The lowest BCUT2D eigenvalue weighted by molar-refractivity contribution is 0.208. The van der Waals surface area contributed by atoms with Crippen molar-refractivity contribution in [2.75, 3.05) is 39.3 Å². The van der Waals surface area contributed by atoms with Crippen LogP contribution in [0.25, 0.3) is 32.3 Å². The van der Waals surface area contributed by atoms with Gasteiger partial charge in [0.2, 0.25) is 0 Å². The molecule has 7 rings (SSSR count). The van der Waals surface area contributed by atoms with Gasteiger partial charge in [-0.15, -0.1) is 0 Å². The molecule has 0 aliphatic carbocycles. The molecule has 1 aliphatic heterocycles. The van der Waals surface area contributed by atoms with Crippen LogP contribution in [0.5, 0.6) is 17.2 Å². The van der Waals surface area contributed by atoms with Crippen molar-refractivity contribution in [3.8, 4) is 17.2 Å². The first-order valence-electron chi connectivity index (χ1n) is 15.8. The number of phenols is 3. The van der Waals surface area contributed by atoms with Crippen molar-refractivity contribution in [1.82, 2.24) is 14.7 Å². The normalized spacial score (nSPS) is 15.7. The van der Waals surface area contributed by atoms with E-state index in [9.17, 15) is 15.3 Å². The predicted molar refractivity (Wildman–Crippen MR) is 183 cm³/mol. The summed E-state index contributed by atoms with van der Waals surface area (Å²) in [7, 11) is 0. The summed E-state index contributed by atoms with van der Waals surface area (Å²) in [6.45, 7) is 6.82. The van der Waals surface area contributed by atoms with Crippen LogP contribution >= 0.6 is 0 Å². The van der Waals surface area contributed by atoms with Crippen LogP contribution in [0, 0.1) is 0 Å². The van der Waals surface area contributed by atoms with Gasteiger partial charge in [-0.3, -0.25) is 14.7 Å². The summed E-state index contributed by atoms with van der Waals surface area (Å²) in [6, 6.07) is 36.1. The van der Waals surface area contributed by atoms with Crippen LogP contribution in [0.15, 0.2) is 109 Å². The summed E-state index contributed by atoms with van der Waals surface area (Å²) in [5.74, 6) is 0.968. The van der Waals surface area contributed by atoms with Gasteiger partial charge in [-0.2, -0.15) is 0 Å². The summed E-state index contributed by atoms with van der Waals surface area (Å²) < 4.78 is 0. The Balaban J connectivity index is 1.20. The molecule has 0 spiro atoms. The van der Waals surface area contributed by atoms with Crippen LogP contribution < -0.4 is 0 Å². The second-order valence-corrected chi connectivity index (χ2v) is 12.2. The summed E-state index contributed by atoms with van der Waals surface area (Å²) in [5, 5.41) is 39.5. The minimum Gasteiger partial charge on any atom is -0.508 e. The first-order chi connectivity index (χ1) is 22.0. The largest absolute Gasteiger partial charge is 0.508 e. The molecular weight excluding hydrogens is 558 g/mol. The van der Waals surface area contributed by atoms with Crippen LogP contribution in [0.4, 0.5) is 0 Å². The molecule has 0 aromatic heterocycles. The molecular formula is C39H39N3O3. The van der Waals surface area contributed by atoms with Gasteiger partial charge < -0.3 is 15.3 Å². The number of hydrogen-bond acceptors (Lipinski definition) is 6. The van der Waals surface area contributed by atoms with E-state index in [0.717, 1.165) is 88.3 Å². The second kappa shape index (κ2) is 12.8. The fraction of sp³-hybridized carbons (Fsp3) is 0.231. The van der Waals surface area contributed by atoms with E-state index in [4.69, 9.17) is 0 Å². The van der Waals surface area contributed by atoms with E-state index in [-0.39, 0.29) is 0 Å². The molecule has 6 aromatic carbocycles. The van der Waals surface area contributed by atoms with Crippen molar-refractivity contribution in [2.24, 2.45) is 0 Å². The van der Waals surface area contributed by atoms with Gasteiger partial charge in [0, 0.05) is 75.6 Å². The molecule has 6 heteroatoms. The van der Waals surface area contributed by atoms with Gasteiger partial charge >= 0.3 is 0 Å². The summed E-state index contributed by atoms with van der Waals surface area (Å²) >= 11 is 0. The Labute approximate surface area is 264 Å². The third-order valence-corrected chi connectivity index (χ3v) is 9.39. The van der Waals surface area contributed by atoms with E-state index in [1.54, 1.807) is 18.2 Å². The number of phenolic OH excluding ortho intramolecular Hbond substituents is 3. The Kier molecular flexibility index (Phi) is 8.27. The Morgan fingerprint density at radius 1 is 0.356 bits per heavy atom. The molecule has 0 bridgehead atoms. The number of nitrogens with zero attached hydrogens (tertiary/aromatic N) is 3. The highest BCUT2D eigenvalue weighted by atomic mass is 16.3. The van der Waals surface area contributed by atoms with E-state index >= 15 is 0 Å². The van der Waals surface area contributed by atoms with Crippen LogP contribution in [0.2, 0.25) is 0 Å². The Morgan fingerprint density at radius 2 is 0.622 bits per heavy atom. The van der Waals surface area contributed by atoms with E-state index in [0.29, 0.717) is 36.9 Å². The predicted octanol–water partition coefficient (Wildman–Crippen LogP) is 7.08. The smallest absolute Gasteiger partial charge is 0.120 e. The third kappa shape index (κ3) is 6.18. The first kappa shape index (κ1) is 29.1. The van der Waals surface area contributed by atoms with Gasteiger partial charge in [-0.05, 0) is 50.5 Å². The summed E-state index contributed by atoms with van der Waals surface area (Å²) in [4.78, 5) is 7.29. The van der Waals surface area contributed by atoms with Gasteiger partial charge in [0.15, 0.2) is 0 Å². The SMILES string of the molecule is Oc1ccc2ccccc2c1CN1CCN(Cc2c(O)ccc3ccccc23)CCN(Cc2c(O)ccc3ccccc23)CC1. The van der Waals surface area contributed by atoms with Crippen molar-refractivity contribution in [1.29, 1.82) is 0 Å². The highest BCUT2D eigenvalue weighted by Gasteiger charge is 2.21. The molecule has 45 heavy (non-hydrogen) atoms. The zero-order chi connectivity index (χ0) is 30.8. The molecule has 228 valence electrons. The average Bonchev–Trinajstić information content (AvgIpc) is 3.16. The molecule has 3 N–H and O–H groups in total. The third-order valence-electron chi connectivity index (χ3n) is 9.39. The van der Waals surface area contributed by atoms with E-state index in [1.165, 1.54) is 0 Å². The molecule has 6 nitrogen and oxygen atoms in total. The van der Waals surface area contributed by atoms with Crippen LogP contribution in [0.3, 0.4) is 0 Å². The second-order valence-electron chi connectivity index (χ2n) is 12.2. The maximum Gasteiger partial charge on any atom is 0.120 e. The lowest BCUT2D eigenvalue weighted by Gasteiger charge is -2.27. The monoisotopic (exact) mass is 597 g/mol. The van der Waals surface area contributed by atoms with Gasteiger partial charge in [0.1, 0.15) is 17.2 Å². The lowest BCUT2D eigenvalue weighted by Crippen LogP contribution is -2.35. The number of hydrogen-bond donors (Lipinski definition) is 3. The standard InChI is InChI=1S/C39H39N3O3/c43-37-16-13-28-7-1-4-10-31(28)34(37)25-40-19-21-41(26-35-32-11-5-2-8-29(32)14-17-38(35)44)23-24-42(22-20-40)27-36-33-12-6-3-9-30(33)15-18-39(36)45/h1-18,43-45H,19-27H2. The minimum absolute atomic E-state index is 0.323. The van der Waals surface area contributed by atoms with Crippen molar-refractivity contribution in [3.63, 3.8) is 0 Å². The van der Waals surface area contributed by atoms with E-state index in [1.807, 2.05) is 54.6 Å².